The molecule has 1 fully saturated rings. The van der Waals surface area contributed by atoms with E-state index >= 15 is 0 Å². The molecule has 0 aromatic carbocycles. The second-order valence-corrected chi connectivity index (χ2v) is 5.46. The van der Waals surface area contributed by atoms with Crippen molar-refractivity contribution in [2.75, 3.05) is 6.54 Å². The van der Waals surface area contributed by atoms with Crippen LogP contribution in [0.1, 0.15) is 38.4 Å². The van der Waals surface area contributed by atoms with Crippen LogP contribution >= 0.6 is 0 Å². The third-order valence-corrected chi connectivity index (χ3v) is 4.13. The minimum Gasteiger partial charge on any atom is -0.333 e. The quantitative estimate of drug-likeness (QED) is 0.803. The zero-order chi connectivity index (χ0) is 13.4. The van der Waals surface area contributed by atoms with Crippen molar-refractivity contribution in [3.8, 4) is 0 Å². The maximum absolute atomic E-state index is 12.2. The number of rotatable bonds is 3. The van der Waals surface area contributed by atoms with Gasteiger partial charge in [0.25, 0.3) is 0 Å². The van der Waals surface area contributed by atoms with Gasteiger partial charge in [-0.05, 0) is 19.3 Å². The van der Waals surface area contributed by atoms with Crippen LogP contribution in [0.15, 0.2) is 4.79 Å². The molecule has 1 aromatic heterocycles. The van der Waals surface area contributed by atoms with Crippen LogP contribution in [0.4, 0.5) is 0 Å². The van der Waals surface area contributed by atoms with Crippen molar-refractivity contribution >= 4 is 5.91 Å². The number of amides is 1. The first-order valence-electron chi connectivity index (χ1n) is 7.16. The predicted molar refractivity (Wildman–Crippen MR) is 69.5 cm³/mol. The molecule has 6 nitrogen and oxygen atoms in total. The minimum atomic E-state index is -0.0346. The van der Waals surface area contributed by atoms with Gasteiger partial charge in [0.1, 0.15) is 0 Å². The maximum Gasteiger partial charge on any atom is 0.346 e. The Hall–Kier alpha value is -1.59. The number of carbonyl (C=O) groups excluding carboxylic acids is 1. The summed E-state index contributed by atoms with van der Waals surface area (Å²) >= 11 is 0. The molecule has 0 N–H and O–H groups in total. The molecule has 3 rings (SSSR count). The van der Waals surface area contributed by atoms with Gasteiger partial charge in [0, 0.05) is 25.6 Å². The summed E-state index contributed by atoms with van der Waals surface area (Å²) in [4.78, 5) is 26.1. The summed E-state index contributed by atoms with van der Waals surface area (Å²) in [5, 5.41) is 4.35. The molecule has 1 amide bonds. The Labute approximate surface area is 112 Å². The van der Waals surface area contributed by atoms with Crippen molar-refractivity contribution < 1.29 is 4.79 Å². The summed E-state index contributed by atoms with van der Waals surface area (Å²) in [5.74, 6) is 1.20. The van der Waals surface area contributed by atoms with Crippen molar-refractivity contribution in [2.24, 2.45) is 5.92 Å². The first-order chi connectivity index (χ1) is 9.20. The van der Waals surface area contributed by atoms with Gasteiger partial charge in [0.05, 0.1) is 6.54 Å². The van der Waals surface area contributed by atoms with Crippen LogP contribution < -0.4 is 5.69 Å². The highest BCUT2D eigenvalue weighted by molar-refractivity contribution is 5.79. The fraction of sp³-hybridized carbons (Fsp3) is 0.769. The average molecular weight is 264 g/mol. The highest BCUT2D eigenvalue weighted by Gasteiger charge is 2.32. The largest absolute Gasteiger partial charge is 0.346 e. The second-order valence-electron chi connectivity index (χ2n) is 5.46. The van der Waals surface area contributed by atoms with Gasteiger partial charge >= 0.3 is 5.69 Å². The normalized spacial score (nSPS) is 19.1. The second kappa shape index (κ2) is 4.83. The number of carbonyl (C=O) groups is 1. The molecule has 1 aliphatic carbocycles. The Morgan fingerprint density at radius 1 is 1.37 bits per heavy atom. The van der Waals surface area contributed by atoms with Gasteiger partial charge in [-0.2, -0.15) is 5.10 Å². The topological polar surface area (TPSA) is 60.1 Å². The summed E-state index contributed by atoms with van der Waals surface area (Å²) in [6, 6.07) is 0. The van der Waals surface area contributed by atoms with Gasteiger partial charge in [0.15, 0.2) is 5.82 Å². The van der Waals surface area contributed by atoms with E-state index in [1.54, 1.807) is 4.57 Å². The summed E-state index contributed by atoms with van der Waals surface area (Å²) in [6.07, 6.45) is 4.10. The molecular weight excluding hydrogens is 244 g/mol. The number of hydrogen-bond donors (Lipinski definition) is 0. The van der Waals surface area contributed by atoms with Crippen molar-refractivity contribution in [3.63, 3.8) is 0 Å². The van der Waals surface area contributed by atoms with Crippen molar-refractivity contribution in [2.45, 2.75) is 52.2 Å². The van der Waals surface area contributed by atoms with E-state index in [0.717, 1.165) is 25.1 Å². The lowest BCUT2D eigenvalue weighted by molar-refractivity contribution is -0.139. The maximum atomic E-state index is 12.2. The molecule has 0 bridgehead atoms. The van der Waals surface area contributed by atoms with Crippen LogP contribution in [0.2, 0.25) is 0 Å². The highest BCUT2D eigenvalue weighted by Crippen LogP contribution is 2.29. The molecule has 1 aliphatic heterocycles. The standard InChI is InChI=1S/C13H20N4O2/c1-2-6-17-13(19)16-8-7-15(9-11(16)14-17)12(18)10-4-3-5-10/h10H,2-9H2,1H3. The lowest BCUT2D eigenvalue weighted by atomic mass is 9.84. The molecule has 0 radical (unpaired) electrons. The Balaban J connectivity index is 1.78. The summed E-state index contributed by atoms with van der Waals surface area (Å²) in [6.45, 7) is 4.38. The monoisotopic (exact) mass is 264 g/mol. The molecule has 2 heterocycles. The molecule has 1 saturated carbocycles. The van der Waals surface area contributed by atoms with E-state index in [2.05, 4.69) is 5.10 Å². The molecule has 0 unspecified atom stereocenters. The summed E-state index contributed by atoms with van der Waals surface area (Å²) in [5.41, 5.74) is -0.0346. The molecule has 0 saturated heterocycles. The van der Waals surface area contributed by atoms with Crippen molar-refractivity contribution in [1.82, 2.24) is 19.2 Å². The number of aromatic nitrogens is 3. The molecule has 1 aromatic rings. The molecule has 0 spiro atoms. The molecule has 0 atom stereocenters. The third-order valence-electron chi connectivity index (χ3n) is 4.13. The first-order valence-corrected chi connectivity index (χ1v) is 7.16. The predicted octanol–water partition coefficient (Wildman–Crippen LogP) is 0.597. The smallest absolute Gasteiger partial charge is 0.333 e. The van der Waals surface area contributed by atoms with Gasteiger partial charge in [0.2, 0.25) is 5.91 Å². The van der Waals surface area contributed by atoms with Crippen LogP contribution in [-0.2, 0) is 24.4 Å². The minimum absolute atomic E-state index is 0.0346. The third kappa shape index (κ3) is 2.09. The van der Waals surface area contributed by atoms with E-state index in [4.69, 9.17) is 0 Å². The van der Waals surface area contributed by atoms with E-state index in [1.165, 1.54) is 11.1 Å². The Bertz CT molecular complexity index is 541. The van der Waals surface area contributed by atoms with Crippen LogP contribution in [0.25, 0.3) is 0 Å². The highest BCUT2D eigenvalue weighted by atomic mass is 16.2. The Kier molecular flexibility index (Phi) is 3.16. The van der Waals surface area contributed by atoms with Gasteiger partial charge in [-0.25, -0.2) is 9.48 Å². The average Bonchev–Trinajstić information content (AvgIpc) is 2.64. The molecule has 2 aliphatic rings. The van der Waals surface area contributed by atoms with Gasteiger partial charge in [-0.1, -0.05) is 13.3 Å². The fourth-order valence-corrected chi connectivity index (χ4v) is 2.76. The summed E-state index contributed by atoms with van der Waals surface area (Å²) < 4.78 is 3.23. The molecule has 104 valence electrons. The van der Waals surface area contributed by atoms with E-state index in [1.807, 2.05) is 11.8 Å². The van der Waals surface area contributed by atoms with E-state index in [0.29, 0.717) is 26.2 Å². The number of fused-ring (bicyclic) bond motifs is 1. The van der Waals surface area contributed by atoms with Crippen LogP contribution in [-0.4, -0.2) is 31.7 Å². The lowest BCUT2D eigenvalue weighted by Gasteiger charge is -2.33. The SMILES string of the molecule is CCCn1nc2n(c1=O)CCN(C(=O)C1CCC1)C2. The van der Waals surface area contributed by atoms with Gasteiger partial charge < -0.3 is 4.90 Å². The fourth-order valence-electron chi connectivity index (χ4n) is 2.76. The first kappa shape index (κ1) is 12.4. The number of nitrogens with zero attached hydrogens (tertiary/aromatic N) is 4. The number of hydrogen-bond acceptors (Lipinski definition) is 3. The Morgan fingerprint density at radius 3 is 2.79 bits per heavy atom. The number of aryl methyl sites for hydroxylation is 1. The van der Waals surface area contributed by atoms with Gasteiger partial charge in [-0.15, -0.1) is 0 Å². The molecule has 19 heavy (non-hydrogen) atoms. The molecule has 6 heteroatoms. The Morgan fingerprint density at radius 2 is 2.16 bits per heavy atom. The molecular formula is C13H20N4O2. The summed E-state index contributed by atoms with van der Waals surface area (Å²) in [7, 11) is 0. The lowest BCUT2D eigenvalue weighted by Crippen LogP contribution is -2.44. The van der Waals surface area contributed by atoms with Gasteiger partial charge in [-0.3, -0.25) is 9.36 Å². The zero-order valence-electron chi connectivity index (χ0n) is 11.3. The van der Waals surface area contributed by atoms with Crippen LogP contribution in [0.3, 0.4) is 0 Å². The van der Waals surface area contributed by atoms with Crippen LogP contribution in [0, 0.1) is 5.92 Å². The van der Waals surface area contributed by atoms with Crippen molar-refractivity contribution in [3.05, 3.63) is 16.3 Å². The van der Waals surface area contributed by atoms with E-state index < -0.39 is 0 Å². The van der Waals surface area contributed by atoms with E-state index in [9.17, 15) is 9.59 Å². The van der Waals surface area contributed by atoms with Crippen molar-refractivity contribution in [1.29, 1.82) is 0 Å². The van der Waals surface area contributed by atoms with E-state index in [-0.39, 0.29) is 17.5 Å². The van der Waals surface area contributed by atoms with Crippen LogP contribution in [0.5, 0.6) is 0 Å². The zero-order valence-corrected chi connectivity index (χ0v) is 11.3.